The molecule has 0 radical (unpaired) electrons. The summed E-state index contributed by atoms with van der Waals surface area (Å²) >= 11 is 0. The number of rotatable bonds is 5. The minimum Gasteiger partial charge on any atom is -0.379 e. The maximum absolute atomic E-state index is 12.5. The van der Waals surface area contributed by atoms with Gasteiger partial charge in [0.15, 0.2) is 0 Å². The summed E-state index contributed by atoms with van der Waals surface area (Å²) in [5.74, 6) is 0.00313. The van der Waals surface area contributed by atoms with Crippen LogP contribution in [0.25, 0.3) is 0 Å². The number of amides is 1. The van der Waals surface area contributed by atoms with E-state index in [1.54, 1.807) is 0 Å². The second kappa shape index (κ2) is 11.1. The predicted molar refractivity (Wildman–Crippen MR) is 109 cm³/mol. The van der Waals surface area contributed by atoms with Gasteiger partial charge in [-0.25, -0.2) is 0 Å². The van der Waals surface area contributed by atoms with Crippen LogP contribution in [0.5, 0.6) is 0 Å². The summed E-state index contributed by atoms with van der Waals surface area (Å²) in [7, 11) is 0. The lowest BCUT2D eigenvalue weighted by Crippen LogP contribution is -2.54. The van der Waals surface area contributed by atoms with Crippen LogP contribution in [0.3, 0.4) is 0 Å². The van der Waals surface area contributed by atoms with Crippen LogP contribution in [-0.4, -0.2) is 42.6 Å². The first kappa shape index (κ1) is 23.2. The molecule has 1 heterocycles. The van der Waals surface area contributed by atoms with Gasteiger partial charge < -0.3 is 15.8 Å². The lowest BCUT2D eigenvalue weighted by molar-refractivity contribution is -0.127. The van der Waals surface area contributed by atoms with Crippen molar-refractivity contribution >= 4 is 30.7 Å². The second-order valence-electron chi connectivity index (χ2n) is 7.06. The van der Waals surface area contributed by atoms with Crippen molar-refractivity contribution in [2.45, 2.75) is 50.7 Å². The molecular weight excluding hydrogens is 373 g/mol. The van der Waals surface area contributed by atoms with E-state index in [-0.39, 0.29) is 30.7 Å². The van der Waals surface area contributed by atoms with Gasteiger partial charge in [0.2, 0.25) is 5.91 Å². The summed E-state index contributed by atoms with van der Waals surface area (Å²) in [5.41, 5.74) is 8.10. The zero-order valence-electron chi connectivity index (χ0n) is 15.2. The van der Waals surface area contributed by atoms with Crippen LogP contribution in [-0.2, 0) is 22.6 Å². The highest BCUT2D eigenvalue weighted by molar-refractivity contribution is 5.86. The molecule has 3 N–H and O–H groups in total. The Kier molecular flexibility index (Phi) is 9.90. The zero-order chi connectivity index (χ0) is 16.8. The molecule has 0 unspecified atom stereocenters. The van der Waals surface area contributed by atoms with Crippen LogP contribution in [0.2, 0.25) is 0 Å². The summed E-state index contributed by atoms with van der Waals surface area (Å²) in [4.78, 5) is 14.9. The van der Waals surface area contributed by atoms with Crippen LogP contribution in [0.15, 0.2) is 24.3 Å². The van der Waals surface area contributed by atoms with Gasteiger partial charge in [0, 0.05) is 26.2 Å². The highest BCUT2D eigenvalue weighted by atomic mass is 35.5. The van der Waals surface area contributed by atoms with Crippen LogP contribution >= 0.6 is 24.8 Å². The number of nitrogens with one attached hydrogen (secondary N) is 1. The molecule has 1 aromatic rings. The standard InChI is InChI=1S/C19H29N3O2.2ClH/c20-19(8-4-1-5-9-19)18(23)21-14-16-6-2-3-7-17(16)15-22-10-12-24-13-11-22;;/h2-3,6-7H,1,4-5,8-15,20H2,(H,21,23);2*1H. The van der Waals surface area contributed by atoms with Crippen LogP contribution in [0.1, 0.15) is 43.2 Å². The first-order chi connectivity index (χ1) is 11.7. The average molecular weight is 404 g/mol. The van der Waals surface area contributed by atoms with Crippen molar-refractivity contribution in [3.05, 3.63) is 35.4 Å². The van der Waals surface area contributed by atoms with Gasteiger partial charge in [0.05, 0.1) is 18.8 Å². The quantitative estimate of drug-likeness (QED) is 0.792. The molecule has 0 aromatic heterocycles. The van der Waals surface area contributed by atoms with Crippen molar-refractivity contribution in [1.29, 1.82) is 0 Å². The maximum Gasteiger partial charge on any atom is 0.240 e. The van der Waals surface area contributed by atoms with Crippen LogP contribution in [0.4, 0.5) is 0 Å². The molecule has 26 heavy (non-hydrogen) atoms. The van der Waals surface area contributed by atoms with E-state index < -0.39 is 5.54 Å². The molecule has 2 fully saturated rings. The van der Waals surface area contributed by atoms with Gasteiger partial charge in [-0.2, -0.15) is 0 Å². The number of hydrogen-bond donors (Lipinski definition) is 2. The highest BCUT2D eigenvalue weighted by Gasteiger charge is 2.34. The SMILES string of the molecule is Cl.Cl.NC1(C(=O)NCc2ccccc2CN2CCOCC2)CCCCC1. The molecule has 5 nitrogen and oxygen atoms in total. The number of ether oxygens (including phenoxy) is 1. The Balaban J connectivity index is 0.00000169. The maximum atomic E-state index is 12.5. The third-order valence-corrected chi connectivity index (χ3v) is 5.25. The van der Waals surface area contributed by atoms with E-state index in [4.69, 9.17) is 10.5 Å². The van der Waals surface area contributed by atoms with Crippen molar-refractivity contribution in [1.82, 2.24) is 10.2 Å². The fourth-order valence-corrected chi connectivity index (χ4v) is 3.65. The normalized spacial score (nSPS) is 19.7. The van der Waals surface area contributed by atoms with Crippen molar-refractivity contribution in [3.63, 3.8) is 0 Å². The van der Waals surface area contributed by atoms with E-state index >= 15 is 0 Å². The summed E-state index contributed by atoms with van der Waals surface area (Å²) in [5, 5.41) is 3.08. The van der Waals surface area contributed by atoms with E-state index in [1.165, 1.54) is 17.5 Å². The summed E-state index contributed by atoms with van der Waals surface area (Å²) in [6.07, 6.45) is 4.90. The molecule has 0 spiro atoms. The minimum absolute atomic E-state index is 0. The van der Waals surface area contributed by atoms with Gasteiger partial charge in [0.25, 0.3) is 0 Å². The predicted octanol–water partition coefficient (Wildman–Crippen LogP) is 2.64. The number of nitrogens with two attached hydrogens (primary N) is 1. The Morgan fingerprint density at radius 1 is 1.08 bits per heavy atom. The van der Waals surface area contributed by atoms with Crippen LogP contribution < -0.4 is 11.1 Å². The molecule has 1 amide bonds. The third kappa shape index (κ3) is 6.10. The molecule has 1 aliphatic heterocycles. The van der Waals surface area contributed by atoms with E-state index in [0.717, 1.165) is 58.5 Å². The molecular formula is C19H31Cl2N3O2. The Hall–Kier alpha value is -0.850. The van der Waals surface area contributed by atoms with Gasteiger partial charge in [0.1, 0.15) is 0 Å². The minimum atomic E-state index is -0.669. The lowest BCUT2D eigenvalue weighted by Gasteiger charge is -2.32. The van der Waals surface area contributed by atoms with Gasteiger partial charge in [-0.1, -0.05) is 43.5 Å². The Bertz CT molecular complexity index is 559. The zero-order valence-corrected chi connectivity index (χ0v) is 16.9. The smallest absolute Gasteiger partial charge is 0.240 e. The van der Waals surface area contributed by atoms with E-state index in [9.17, 15) is 4.79 Å². The number of halogens is 2. The molecule has 0 bridgehead atoms. The number of carbonyl (C=O) groups excluding carboxylic acids is 1. The number of nitrogens with zero attached hydrogens (tertiary/aromatic N) is 1. The average Bonchev–Trinajstić information content (AvgIpc) is 2.62. The summed E-state index contributed by atoms with van der Waals surface area (Å²) in [6.45, 7) is 4.99. The van der Waals surface area contributed by atoms with Crippen molar-refractivity contribution in [2.75, 3.05) is 26.3 Å². The molecule has 1 aromatic carbocycles. The topological polar surface area (TPSA) is 67.6 Å². The van der Waals surface area contributed by atoms with Gasteiger partial charge in [-0.15, -0.1) is 24.8 Å². The molecule has 3 rings (SSSR count). The number of hydrogen-bond acceptors (Lipinski definition) is 4. The van der Waals surface area contributed by atoms with E-state index in [0.29, 0.717) is 6.54 Å². The fourth-order valence-electron chi connectivity index (χ4n) is 3.65. The number of morpholine rings is 1. The van der Waals surface area contributed by atoms with Gasteiger partial charge in [-0.3, -0.25) is 9.69 Å². The monoisotopic (exact) mass is 403 g/mol. The van der Waals surface area contributed by atoms with Gasteiger partial charge in [-0.05, 0) is 24.0 Å². The Labute approximate surface area is 168 Å². The molecule has 0 atom stereocenters. The number of benzene rings is 1. The molecule has 1 saturated carbocycles. The van der Waals surface area contributed by atoms with Crippen molar-refractivity contribution < 1.29 is 9.53 Å². The summed E-state index contributed by atoms with van der Waals surface area (Å²) < 4.78 is 5.41. The van der Waals surface area contributed by atoms with Crippen LogP contribution in [0, 0.1) is 0 Å². The largest absolute Gasteiger partial charge is 0.379 e. The fraction of sp³-hybridized carbons (Fsp3) is 0.632. The second-order valence-corrected chi connectivity index (χ2v) is 7.06. The third-order valence-electron chi connectivity index (χ3n) is 5.25. The highest BCUT2D eigenvalue weighted by Crippen LogP contribution is 2.26. The Morgan fingerprint density at radius 3 is 2.35 bits per heavy atom. The number of carbonyl (C=O) groups is 1. The van der Waals surface area contributed by atoms with Gasteiger partial charge >= 0.3 is 0 Å². The van der Waals surface area contributed by atoms with Crippen molar-refractivity contribution in [3.8, 4) is 0 Å². The molecule has 148 valence electrons. The first-order valence-corrected chi connectivity index (χ1v) is 9.11. The first-order valence-electron chi connectivity index (χ1n) is 9.11. The molecule has 1 saturated heterocycles. The summed E-state index contributed by atoms with van der Waals surface area (Å²) in [6, 6.07) is 8.34. The lowest BCUT2D eigenvalue weighted by atomic mass is 9.82. The Morgan fingerprint density at radius 2 is 1.69 bits per heavy atom. The molecule has 1 aliphatic carbocycles. The molecule has 7 heteroatoms. The molecule has 2 aliphatic rings. The van der Waals surface area contributed by atoms with Crippen molar-refractivity contribution in [2.24, 2.45) is 5.73 Å². The van der Waals surface area contributed by atoms with E-state index in [2.05, 4.69) is 28.4 Å². The van der Waals surface area contributed by atoms with E-state index in [1.807, 2.05) is 6.07 Å².